The number of phenols is 1. The molecule has 0 spiro atoms. The second kappa shape index (κ2) is 11.2. The number of ketones is 1. The molecule has 2 aromatic rings. The molecule has 10 heteroatoms. The molecule has 2 aliphatic rings. The molecule has 0 radical (unpaired) electrons. The Labute approximate surface area is 227 Å². The lowest BCUT2D eigenvalue weighted by Gasteiger charge is -2.27. The number of aliphatic carboxylic acids is 1. The number of amidine groups is 1. The van der Waals surface area contributed by atoms with Gasteiger partial charge >= 0.3 is 5.97 Å². The van der Waals surface area contributed by atoms with Gasteiger partial charge in [0.2, 0.25) is 0 Å². The Morgan fingerprint density at radius 1 is 1.24 bits per heavy atom. The minimum Gasteiger partial charge on any atom is -0.505 e. The van der Waals surface area contributed by atoms with E-state index in [-0.39, 0.29) is 53.6 Å². The second-order valence-corrected chi connectivity index (χ2v) is 10.5. The van der Waals surface area contributed by atoms with Gasteiger partial charge in [-0.2, -0.15) is 0 Å². The number of hydrogen-bond donors (Lipinski definition) is 3. The van der Waals surface area contributed by atoms with Crippen molar-refractivity contribution in [2.45, 2.75) is 58.6 Å². The van der Waals surface area contributed by atoms with Crippen molar-refractivity contribution in [3.63, 3.8) is 0 Å². The van der Waals surface area contributed by atoms with Gasteiger partial charge in [0, 0.05) is 42.0 Å². The van der Waals surface area contributed by atoms with Gasteiger partial charge in [0.1, 0.15) is 23.9 Å². The van der Waals surface area contributed by atoms with Crippen LogP contribution in [0.5, 0.6) is 5.75 Å². The van der Waals surface area contributed by atoms with Crippen LogP contribution >= 0.6 is 17.0 Å². The van der Waals surface area contributed by atoms with E-state index in [0.29, 0.717) is 48.6 Å². The van der Waals surface area contributed by atoms with Gasteiger partial charge in [-0.15, -0.1) is 17.0 Å². The summed E-state index contributed by atoms with van der Waals surface area (Å²) in [4.78, 5) is 32.6. The number of aromatic hydroxyl groups is 1. The fraction of sp³-hybridized carbons (Fsp3) is 0.481. The largest absolute Gasteiger partial charge is 0.505 e. The zero-order valence-corrected chi connectivity index (χ0v) is 23.4. The third kappa shape index (κ3) is 6.13. The van der Waals surface area contributed by atoms with Crippen LogP contribution in [0.25, 0.3) is 0 Å². The van der Waals surface area contributed by atoms with Crippen LogP contribution in [-0.4, -0.2) is 70.0 Å². The van der Waals surface area contributed by atoms with Crippen molar-refractivity contribution in [2.75, 3.05) is 31.1 Å². The number of nitrogens with zero attached hydrogens (tertiary/aromatic N) is 3. The number of fused-ring (bicyclic) bond motifs is 1. The molecule has 1 aromatic carbocycles. The quantitative estimate of drug-likeness (QED) is 0.405. The predicted molar refractivity (Wildman–Crippen MR) is 147 cm³/mol. The average molecular weight is 576 g/mol. The first-order valence-corrected chi connectivity index (χ1v) is 12.3. The molecule has 9 nitrogen and oxygen atoms in total. The summed E-state index contributed by atoms with van der Waals surface area (Å²) < 4.78 is 5.45. The lowest BCUT2D eigenvalue weighted by Crippen LogP contribution is -2.31. The summed E-state index contributed by atoms with van der Waals surface area (Å²) in [5, 5.41) is 28.6. The van der Waals surface area contributed by atoms with Crippen molar-refractivity contribution >= 4 is 40.3 Å². The monoisotopic (exact) mass is 574 g/mol. The molecule has 1 fully saturated rings. The Balaban J connectivity index is 0.00000380. The van der Waals surface area contributed by atoms with Gasteiger partial charge in [0.15, 0.2) is 5.78 Å². The Morgan fingerprint density at radius 2 is 1.97 bits per heavy atom. The fourth-order valence-corrected chi connectivity index (χ4v) is 4.76. The number of benzene rings is 1. The molecule has 0 bridgehead atoms. The van der Waals surface area contributed by atoms with Crippen molar-refractivity contribution < 1.29 is 24.5 Å². The minimum absolute atomic E-state index is 0. The van der Waals surface area contributed by atoms with E-state index in [2.05, 4.69) is 4.98 Å². The smallest absolute Gasteiger partial charge is 0.329 e. The van der Waals surface area contributed by atoms with Gasteiger partial charge in [0.05, 0.1) is 18.3 Å². The summed E-state index contributed by atoms with van der Waals surface area (Å²) in [6.45, 7) is 9.10. The molecule has 0 amide bonds. The number of aryl methyl sites for hydroxylation is 1. The molecule has 1 unspecified atom stereocenters. The van der Waals surface area contributed by atoms with Gasteiger partial charge in [0.25, 0.3) is 0 Å². The number of carboxylic acid groups (broad SMARTS) is 1. The summed E-state index contributed by atoms with van der Waals surface area (Å²) in [7, 11) is 0. The molecule has 2 aliphatic heterocycles. The third-order valence-electron chi connectivity index (χ3n) is 6.78. The van der Waals surface area contributed by atoms with Crippen molar-refractivity contribution in [3.8, 4) is 5.75 Å². The maximum absolute atomic E-state index is 13.5. The number of nitrogens with one attached hydrogen (secondary N) is 1. The molecule has 200 valence electrons. The number of hydrogen-bond acceptors (Lipinski definition) is 7. The maximum Gasteiger partial charge on any atom is 0.329 e. The number of phenolic OH excluding ortho intramolecular Hbond substituents is 1. The average Bonchev–Trinajstić information content (AvgIpc) is 3.41. The van der Waals surface area contributed by atoms with E-state index < -0.39 is 11.4 Å². The molecule has 1 aromatic heterocycles. The Hall–Kier alpha value is -2.98. The number of aromatic nitrogens is 1. The number of pyridine rings is 1. The summed E-state index contributed by atoms with van der Waals surface area (Å²) >= 11 is 0. The topological polar surface area (TPSA) is 127 Å². The normalized spacial score (nSPS) is 17.1. The number of anilines is 1. The summed E-state index contributed by atoms with van der Waals surface area (Å²) in [6.07, 6.45) is 1.15. The van der Waals surface area contributed by atoms with Crippen LogP contribution in [0.3, 0.4) is 0 Å². The lowest BCUT2D eigenvalue weighted by molar-refractivity contribution is -0.143. The molecular weight excluding hydrogens is 540 g/mol. The number of halogens is 1. The molecule has 3 N–H and O–H groups in total. The van der Waals surface area contributed by atoms with Crippen molar-refractivity contribution in [2.24, 2.45) is 0 Å². The van der Waals surface area contributed by atoms with Crippen LogP contribution in [0.2, 0.25) is 0 Å². The van der Waals surface area contributed by atoms with E-state index in [9.17, 15) is 14.7 Å². The molecule has 0 aliphatic carbocycles. The highest BCUT2D eigenvalue weighted by molar-refractivity contribution is 8.93. The van der Waals surface area contributed by atoms with E-state index in [1.54, 1.807) is 17.0 Å². The van der Waals surface area contributed by atoms with Crippen LogP contribution in [0.15, 0.2) is 24.3 Å². The van der Waals surface area contributed by atoms with Crippen molar-refractivity contribution in [3.05, 3.63) is 52.3 Å². The molecule has 4 rings (SSSR count). The number of ether oxygens (including phenoxy) is 1. The van der Waals surface area contributed by atoms with Gasteiger partial charge in [-0.25, -0.2) is 9.78 Å². The summed E-state index contributed by atoms with van der Waals surface area (Å²) in [5.74, 6) is -0.792. The molecule has 3 heterocycles. The number of carboxylic acids is 1. The highest BCUT2D eigenvalue weighted by Crippen LogP contribution is 2.40. The number of Topliss-reactive ketones (excluding diaryl/α,β-unsaturated/α-hetero) is 1. The first kappa shape index (κ1) is 28.6. The van der Waals surface area contributed by atoms with Crippen LogP contribution in [0, 0.1) is 5.41 Å². The van der Waals surface area contributed by atoms with Crippen LogP contribution in [0.4, 0.5) is 5.69 Å². The van der Waals surface area contributed by atoms with E-state index in [1.807, 2.05) is 44.7 Å². The fourth-order valence-electron chi connectivity index (χ4n) is 4.76. The Bertz CT molecular complexity index is 1210. The number of carbonyl (C=O) groups is 2. The van der Waals surface area contributed by atoms with Gasteiger partial charge in [-0.05, 0) is 36.5 Å². The van der Waals surface area contributed by atoms with Crippen molar-refractivity contribution in [1.82, 2.24) is 9.88 Å². The molecule has 1 saturated heterocycles. The van der Waals surface area contributed by atoms with E-state index in [0.717, 1.165) is 17.7 Å². The van der Waals surface area contributed by atoms with Crippen LogP contribution < -0.4 is 4.90 Å². The zero-order chi connectivity index (χ0) is 26.2. The molecular formula is C27H35BrN4O5. The Morgan fingerprint density at radius 3 is 2.62 bits per heavy atom. The SMILES string of the molecule is Br.CCc1ccc2c(n1)C(=N)N(CC(=O)c1cc(N3CCC(OCC(=O)O)C3)c(O)c(C(C)(C)C)c1)C2. The standard InChI is InChI=1S/C27H34N4O5.BrH/c1-5-18-7-6-16-12-31(26(28)24(16)29-18)14-22(32)17-10-20(27(2,3)4)25(35)21(11-17)30-9-8-19(13-30)36-15-23(33)34;/h6-7,10-11,19,28,35H,5,8-9,12-15H2,1-4H3,(H,33,34);1H. The van der Waals surface area contributed by atoms with Crippen LogP contribution in [0.1, 0.15) is 67.0 Å². The Kier molecular flexibility index (Phi) is 8.64. The van der Waals surface area contributed by atoms with E-state index >= 15 is 0 Å². The van der Waals surface area contributed by atoms with Gasteiger partial charge < -0.3 is 24.7 Å². The maximum atomic E-state index is 13.5. The zero-order valence-electron chi connectivity index (χ0n) is 21.7. The summed E-state index contributed by atoms with van der Waals surface area (Å²) in [6, 6.07) is 7.39. The molecule has 1 atom stereocenters. The van der Waals surface area contributed by atoms with Crippen LogP contribution in [-0.2, 0) is 27.9 Å². The minimum atomic E-state index is -1.02. The second-order valence-electron chi connectivity index (χ2n) is 10.5. The number of carbonyl (C=O) groups excluding carboxylic acids is 1. The molecule has 37 heavy (non-hydrogen) atoms. The lowest BCUT2D eigenvalue weighted by atomic mass is 9.84. The van der Waals surface area contributed by atoms with Crippen molar-refractivity contribution in [1.29, 1.82) is 5.41 Å². The summed E-state index contributed by atoms with van der Waals surface area (Å²) in [5.41, 5.74) is 3.75. The van der Waals surface area contributed by atoms with Gasteiger partial charge in [-0.3, -0.25) is 10.2 Å². The van der Waals surface area contributed by atoms with E-state index in [4.69, 9.17) is 15.3 Å². The number of rotatable bonds is 8. The first-order valence-electron chi connectivity index (χ1n) is 12.3. The third-order valence-corrected chi connectivity index (χ3v) is 6.78. The highest BCUT2D eigenvalue weighted by Gasteiger charge is 2.32. The molecule has 0 saturated carbocycles. The van der Waals surface area contributed by atoms with Gasteiger partial charge in [-0.1, -0.05) is 33.8 Å². The van der Waals surface area contributed by atoms with E-state index in [1.165, 1.54) is 0 Å². The first-order chi connectivity index (χ1) is 17.0. The highest BCUT2D eigenvalue weighted by atomic mass is 79.9. The predicted octanol–water partition coefficient (Wildman–Crippen LogP) is 3.93.